The molecule has 0 aliphatic heterocycles. The van der Waals surface area contributed by atoms with Crippen molar-refractivity contribution in [1.29, 1.82) is 0 Å². The van der Waals surface area contributed by atoms with E-state index in [1.165, 1.54) is 0 Å². The van der Waals surface area contributed by atoms with Gasteiger partial charge in [0.2, 0.25) is 5.88 Å². The first-order chi connectivity index (χ1) is 13.2. The lowest BCUT2D eigenvalue weighted by molar-refractivity contribution is 0.102. The monoisotopic (exact) mass is 377 g/mol. The molecule has 27 heavy (non-hydrogen) atoms. The van der Waals surface area contributed by atoms with E-state index in [0.717, 1.165) is 16.5 Å². The molecule has 0 fully saturated rings. The summed E-state index contributed by atoms with van der Waals surface area (Å²) < 4.78 is 5.64. The molecule has 5 nitrogen and oxygen atoms in total. The van der Waals surface area contributed by atoms with Gasteiger partial charge in [0.15, 0.2) is 0 Å². The number of benzene rings is 2. The summed E-state index contributed by atoms with van der Waals surface area (Å²) in [5, 5.41) is 4.00. The normalized spacial score (nSPS) is 10.7. The number of pyridine rings is 1. The molecule has 4 rings (SSSR count). The van der Waals surface area contributed by atoms with Crippen molar-refractivity contribution in [2.75, 3.05) is 5.32 Å². The molecule has 2 heterocycles. The van der Waals surface area contributed by atoms with Crippen LogP contribution < -0.4 is 10.1 Å². The van der Waals surface area contributed by atoms with Crippen molar-refractivity contribution >= 4 is 34.1 Å². The average molecular weight is 378 g/mol. The first kappa shape index (κ1) is 17.1. The van der Waals surface area contributed by atoms with E-state index in [9.17, 15) is 4.79 Å². The molecular weight excluding hydrogens is 362 g/mol. The Labute approximate surface area is 161 Å². The van der Waals surface area contributed by atoms with E-state index in [1.807, 2.05) is 54.6 Å². The standard InChI is InChI=1S/C21H16ClN3O2/c22-19-16-8-4-5-9-17(16)25-20(19)21(26)24-15-10-11-18(23-12-15)27-13-14-6-2-1-3-7-14/h1-12,25H,13H2,(H,24,26). The second kappa shape index (κ2) is 7.51. The van der Waals surface area contributed by atoms with Gasteiger partial charge in [0.05, 0.1) is 16.9 Å². The summed E-state index contributed by atoms with van der Waals surface area (Å²) in [5.74, 6) is 0.163. The van der Waals surface area contributed by atoms with Crippen molar-refractivity contribution in [3.63, 3.8) is 0 Å². The highest BCUT2D eigenvalue weighted by Gasteiger charge is 2.16. The maximum absolute atomic E-state index is 12.5. The van der Waals surface area contributed by atoms with Crippen LogP contribution in [0.15, 0.2) is 72.9 Å². The quantitative estimate of drug-likeness (QED) is 0.511. The molecule has 2 aromatic heterocycles. The molecule has 134 valence electrons. The van der Waals surface area contributed by atoms with Crippen LogP contribution in [0.3, 0.4) is 0 Å². The third-order valence-corrected chi connectivity index (χ3v) is 4.49. The van der Waals surface area contributed by atoms with E-state index in [4.69, 9.17) is 16.3 Å². The summed E-state index contributed by atoms with van der Waals surface area (Å²) in [5.41, 5.74) is 2.75. The second-order valence-corrected chi connectivity index (χ2v) is 6.35. The number of rotatable bonds is 5. The molecule has 4 aromatic rings. The number of aromatic nitrogens is 2. The number of anilines is 1. The van der Waals surface area contributed by atoms with Gasteiger partial charge in [-0.05, 0) is 17.7 Å². The van der Waals surface area contributed by atoms with Gasteiger partial charge >= 0.3 is 0 Å². The minimum Gasteiger partial charge on any atom is -0.473 e. The zero-order valence-electron chi connectivity index (χ0n) is 14.3. The number of carbonyl (C=O) groups is 1. The summed E-state index contributed by atoms with van der Waals surface area (Å²) in [7, 11) is 0. The number of carbonyl (C=O) groups excluding carboxylic acids is 1. The van der Waals surface area contributed by atoms with Gasteiger partial charge in [0.1, 0.15) is 12.3 Å². The lowest BCUT2D eigenvalue weighted by Crippen LogP contribution is -2.13. The third-order valence-electron chi connectivity index (χ3n) is 4.09. The van der Waals surface area contributed by atoms with Gasteiger partial charge in [-0.2, -0.15) is 0 Å². The van der Waals surface area contributed by atoms with Gasteiger partial charge in [-0.1, -0.05) is 60.1 Å². The molecule has 2 N–H and O–H groups in total. The van der Waals surface area contributed by atoms with Crippen LogP contribution in [0, 0.1) is 0 Å². The zero-order chi connectivity index (χ0) is 18.6. The molecule has 0 atom stereocenters. The fourth-order valence-corrected chi connectivity index (χ4v) is 3.03. The highest BCUT2D eigenvalue weighted by molar-refractivity contribution is 6.39. The molecule has 0 bridgehead atoms. The van der Waals surface area contributed by atoms with Gasteiger partial charge in [-0.15, -0.1) is 0 Å². The number of halogens is 1. The zero-order valence-corrected chi connectivity index (χ0v) is 15.0. The fraction of sp³-hybridized carbons (Fsp3) is 0.0476. The Balaban J connectivity index is 1.43. The molecule has 0 radical (unpaired) electrons. The van der Waals surface area contributed by atoms with Crippen LogP contribution in [-0.4, -0.2) is 15.9 Å². The van der Waals surface area contributed by atoms with Crippen LogP contribution in [0.1, 0.15) is 16.1 Å². The summed E-state index contributed by atoms with van der Waals surface area (Å²) in [6.07, 6.45) is 1.55. The van der Waals surface area contributed by atoms with Crippen molar-refractivity contribution in [2.45, 2.75) is 6.61 Å². The third kappa shape index (κ3) is 3.78. The number of nitrogens with one attached hydrogen (secondary N) is 2. The molecule has 1 amide bonds. The highest BCUT2D eigenvalue weighted by atomic mass is 35.5. The van der Waals surface area contributed by atoms with Crippen molar-refractivity contribution in [1.82, 2.24) is 9.97 Å². The van der Waals surface area contributed by atoms with E-state index in [-0.39, 0.29) is 5.91 Å². The van der Waals surface area contributed by atoms with Gasteiger partial charge < -0.3 is 15.0 Å². The van der Waals surface area contributed by atoms with Crippen molar-refractivity contribution in [3.8, 4) is 5.88 Å². The molecule has 0 aliphatic rings. The maximum Gasteiger partial charge on any atom is 0.273 e. The average Bonchev–Trinajstić information content (AvgIpc) is 3.05. The number of hydrogen-bond acceptors (Lipinski definition) is 3. The Hall–Kier alpha value is -3.31. The number of aromatic amines is 1. The number of H-pyrrole nitrogens is 1. The molecule has 6 heteroatoms. The SMILES string of the molecule is O=C(Nc1ccc(OCc2ccccc2)nc1)c1[nH]c2ccccc2c1Cl. The molecule has 0 unspecified atom stereocenters. The van der Waals surface area contributed by atoms with Crippen LogP contribution in [0.2, 0.25) is 5.02 Å². The molecule has 0 saturated heterocycles. The second-order valence-electron chi connectivity index (χ2n) is 5.97. The highest BCUT2D eigenvalue weighted by Crippen LogP contribution is 2.27. The van der Waals surface area contributed by atoms with Gasteiger partial charge in [-0.25, -0.2) is 4.98 Å². The van der Waals surface area contributed by atoms with Gasteiger partial charge in [-0.3, -0.25) is 4.79 Å². The van der Waals surface area contributed by atoms with E-state index in [1.54, 1.807) is 18.3 Å². The molecule has 0 spiro atoms. The van der Waals surface area contributed by atoms with Crippen molar-refractivity contribution < 1.29 is 9.53 Å². The Morgan fingerprint density at radius 2 is 1.81 bits per heavy atom. The Morgan fingerprint density at radius 1 is 1.04 bits per heavy atom. The van der Waals surface area contributed by atoms with Crippen LogP contribution in [0.25, 0.3) is 10.9 Å². The number of para-hydroxylation sites is 1. The summed E-state index contributed by atoms with van der Waals surface area (Å²) in [4.78, 5) is 19.8. The van der Waals surface area contributed by atoms with E-state index < -0.39 is 0 Å². The molecule has 2 aromatic carbocycles. The van der Waals surface area contributed by atoms with Crippen LogP contribution in [0.5, 0.6) is 5.88 Å². The molecule has 0 aliphatic carbocycles. The van der Waals surface area contributed by atoms with Crippen molar-refractivity contribution in [2.24, 2.45) is 0 Å². The fourth-order valence-electron chi connectivity index (χ4n) is 2.73. The number of hydrogen-bond donors (Lipinski definition) is 2. The van der Waals surface area contributed by atoms with Crippen LogP contribution in [-0.2, 0) is 6.61 Å². The number of fused-ring (bicyclic) bond motifs is 1. The van der Waals surface area contributed by atoms with Crippen molar-refractivity contribution in [3.05, 3.63) is 89.2 Å². The lowest BCUT2D eigenvalue weighted by Gasteiger charge is -2.07. The predicted octanol–water partition coefficient (Wildman–Crippen LogP) is 5.05. The molecule has 0 saturated carbocycles. The Kier molecular flexibility index (Phi) is 4.77. The van der Waals surface area contributed by atoms with Crippen LogP contribution in [0.4, 0.5) is 5.69 Å². The Bertz CT molecular complexity index is 1080. The summed E-state index contributed by atoms with van der Waals surface area (Å²) >= 11 is 6.32. The predicted molar refractivity (Wildman–Crippen MR) is 106 cm³/mol. The largest absolute Gasteiger partial charge is 0.473 e. The van der Waals surface area contributed by atoms with Crippen LogP contribution >= 0.6 is 11.6 Å². The minimum absolute atomic E-state index is 0.322. The first-order valence-electron chi connectivity index (χ1n) is 8.41. The topological polar surface area (TPSA) is 67.0 Å². The van der Waals surface area contributed by atoms with Gasteiger partial charge in [0.25, 0.3) is 5.91 Å². The first-order valence-corrected chi connectivity index (χ1v) is 8.79. The van der Waals surface area contributed by atoms with E-state index in [2.05, 4.69) is 15.3 Å². The molecular formula is C21H16ClN3O2. The van der Waals surface area contributed by atoms with E-state index >= 15 is 0 Å². The van der Waals surface area contributed by atoms with E-state index in [0.29, 0.717) is 28.9 Å². The summed E-state index contributed by atoms with van der Waals surface area (Å²) in [6, 6.07) is 20.8. The number of amides is 1. The lowest BCUT2D eigenvalue weighted by atomic mass is 10.2. The number of ether oxygens (including phenoxy) is 1. The minimum atomic E-state index is -0.323. The maximum atomic E-state index is 12.5. The smallest absolute Gasteiger partial charge is 0.273 e. The Morgan fingerprint density at radius 3 is 2.56 bits per heavy atom. The van der Waals surface area contributed by atoms with Gasteiger partial charge in [0, 0.05) is 17.0 Å². The number of nitrogens with zero attached hydrogens (tertiary/aromatic N) is 1. The summed E-state index contributed by atoms with van der Waals surface area (Å²) in [6.45, 7) is 0.435.